The number of amides is 2. The molecule has 1 heterocycles. The molecule has 1 saturated heterocycles. The number of fused-ring (bicyclic) bond motifs is 4. The molecule has 2 aliphatic carbocycles. The van der Waals surface area contributed by atoms with Crippen LogP contribution in [-0.2, 0) is 14.3 Å². The summed E-state index contributed by atoms with van der Waals surface area (Å²) in [6.45, 7) is 2.93. The third-order valence-electron chi connectivity index (χ3n) is 8.15. The summed E-state index contributed by atoms with van der Waals surface area (Å²) in [4.78, 5) is 38.8. The van der Waals surface area contributed by atoms with Gasteiger partial charge in [-0.3, -0.25) is 9.59 Å². The van der Waals surface area contributed by atoms with Crippen molar-refractivity contribution in [1.82, 2.24) is 10.2 Å². The highest BCUT2D eigenvalue weighted by Gasteiger charge is 2.55. The first-order valence-electron chi connectivity index (χ1n) is 12.5. The van der Waals surface area contributed by atoms with E-state index in [1.165, 1.54) is 11.1 Å². The number of nitrogens with zero attached hydrogens (tertiary/aromatic N) is 1. The fraction of sp³-hybridized carbons (Fsp3) is 0.464. The van der Waals surface area contributed by atoms with Crippen LogP contribution in [-0.4, -0.2) is 53.7 Å². The Morgan fingerprint density at radius 1 is 1.11 bits per heavy atom. The van der Waals surface area contributed by atoms with Gasteiger partial charge in [-0.15, -0.1) is 0 Å². The van der Waals surface area contributed by atoms with Crippen LogP contribution in [0.1, 0.15) is 56.1 Å². The molecule has 7 nitrogen and oxygen atoms in total. The molecule has 3 aliphatic rings. The lowest BCUT2D eigenvalue weighted by Crippen LogP contribution is -2.38. The number of carbonyl (C=O) groups excluding carboxylic acids is 2. The van der Waals surface area contributed by atoms with Gasteiger partial charge in [-0.2, -0.15) is 0 Å². The predicted octanol–water partition coefficient (Wildman–Crippen LogP) is 4.41. The van der Waals surface area contributed by atoms with Crippen molar-refractivity contribution in [3.05, 3.63) is 59.7 Å². The van der Waals surface area contributed by atoms with Gasteiger partial charge in [0.2, 0.25) is 5.91 Å². The van der Waals surface area contributed by atoms with Gasteiger partial charge in [-0.1, -0.05) is 55.0 Å². The number of likely N-dealkylation sites (tertiary alicyclic amines) is 1. The molecule has 7 heteroatoms. The number of carboxylic acids is 1. The number of carbonyl (C=O) groups is 3. The summed E-state index contributed by atoms with van der Waals surface area (Å²) in [5.41, 5.74) is 3.92. The SMILES string of the molecule is CC(CCC(=O)N1C[C@@H]2CCC[C@]2(C(=O)O)C1)NC(=O)OCC1c2ccccc2-c2ccccc21. The van der Waals surface area contributed by atoms with Gasteiger partial charge in [-0.25, -0.2) is 4.79 Å². The lowest BCUT2D eigenvalue weighted by atomic mass is 9.81. The van der Waals surface area contributed by atoms with E-state index in [-0.39, 0.29) is 36.8 Å². The van der Waals surface area contributed by atoms with E-state index in [0.29, 0.717) is 25.9 Å². The standard InChI is InChI=1S/C28H32N2O5/c1-18(12-13-25(31)30-15-19-7-6-14-28(19,17-30)26(32)33)29-27(34)35-16-24-22-10-4-2-8-20(22)21-9-3-5-11-23(21)24/h2-5,8-11,18-19,24H,6-7,12-17H2,1H3,(H,29,34)(H,32,33)/t18?,19-,28-/m0/s1. The first kappa shape index (κ1) is 23.4. The fourth-order valence-electron chi connectivity index (χ4n) is 6.24. The van der Waals surface area contributed by atoms with Crippen molar-refractivity contribution < 1.29 is 24.2 Å². The summed E-state index contributed by atoms with van der Waals surface area (Å²) in [5, 5.41) is 12.6. The number of hydrogen-bond acceptors (Lipinski definition) is 4. The van der Waals surface area contributed by atoms with Gasteiger partial charge in [0.15, 0.2) is 0 Å². The maximum absolute atomic E-state index is 12.8. The van der Waals surface area contributed by atoms with E-state index in [9.17, 15) is 19.5 Å². The van der Waals surface area contributed by atoms with Gasteiger partial charge < -0.3 is 20.1 Å². The third-order valence-corrected chi connectivity index (χ3v) is 8.15. The first-order chi connectivity index (χ1) is 16.9. The van der Waals surface area contributed by atoms with Gasteiger partial charge in [0, 0.05) is 31.5 Å². The van der Waals surface area contributed by atoms with Crippen molar-refractivity contribution in [1.29, 1.82) is 0 Å². The summed E-state index contributed by atoms with van der Waals surface area (Å²) in [5.74, 6) is -0.761. The van der Waals surface area contributed by atoms with Crippen LogP contribution < -0.4 is 5.32 Å². The molecular formula is C28H32N2O5. The van der Waals surface area contributed by atoms with Crippen LogP contribution in [0.3, 0.4) is 0 Å². The summed E-state index contributed by atoms with van der Waals surface area (Å²) >= 11 is 0. The molecule has 2 N–H and O–H groups in total. The summed E-state index contributed by atoms with van der Waals surface area (Å²) in [7, 11) is 0. The van der Waals surface area contributed by atoms with Crippen molar-refractivity contribution in [2.45, 2.75) is 51.0 Å². The van der Waals surface area contributed by atoms with E-state index < -0.39 is 17.5 Å². The van der Waals surface area contributed by atoms with Crippen LogP contribution in [0, 0.1) is 11.3 Å². The second-order valence-corrected chi connectivity index (χ2v) is 10.2. The number of ether oxygens (including phenoxy) is 1. The van der Waals surface area contributed by atoms with Crippen LogP contribution >= 0.6 is 0 Å². The van der Waals surface area contributed by atoms with Gasteiger partial charge in [0.05, 0.1) is 5.41 Å². The van der Waals surface area contributed by atoms with Crippen molar-refractivity contribution in [3.8, 4) is 11.1 Å². The predicted molar refractivity (Wildman–Crippen MR) is 131 cm³/mol. The molecule has 1 aliphatic heterocycles. The molecule has 0 aromatic heterocycles. The number of hydrogen-bond donors (Lipinski definition) is 2. The molecule has 2 aromatic carbocycles. The quantitative estimate of drug-likeness (QED) is 0.617. The lowest BCUT2D eigenvalue weighted by molar-refractivity contribution is -0.149. The number of aliphatic carboxylic acids is 1. The normalized spacial score (nSPS) is 23.3. The molecule has 2 amide bonds. The minimum Gasteiger partial charge on any atom is -0.481 e. The van der Waals surface area contributed by atoms with Crippen LogP contribution in [0.5, 0.6) is 0 Å². The molecule has 3 atom stereocenters. The number of alkyl carbamates (subject to hydrolysis) is 1. The van der Waals surface area contributed by atoms with E-state index in [1.54, 1.807) is 4.90 Å². The number of carboxylic acid groups (broad SMARTS) is 1. The maximum Gasteiger partial charge on any atom is 0.407 e. The average Bonchev–Trinajstić information content (AvgIpc) is 3.51. The van der Waals surface area contributed by atoms with Crippen molar-refractivity contribution in [3.63, 3.8) is 0 Å². The number of rotatable bonds is 7. The molecule has 1 unspecified atom stereocenters. The van der Waals surface area contributed by atoms with Gasteiger partial charge >= 0.3 is 12.1 Å². The highest BCUT2D eigenvalue weighted by Crippen LogP contribution is 2.49. The molecule has 0 radical (unpaired) electrons. The van der Waals surface area contributed by atoms with E-state index in [1.807, 2.05) is 31.2 Å². The highest BCUT2D eigenvalue weighted by atomic mass is 16.5. The Morgan fingerprint density at radius 2 is 1.77 bits per heavy atom. The minimum absolute atomic E-state index is 0.00112. The second-order valence-electron chi connectivity index (χ2n) is 10.2. The van der Waals surface area contributed by atoms with E-state index >= 15 is 0 Å². The number of benzene rings is 2. The van der Waals surface area contributed by atoms with Gasteiger partial charge in [0.25, 0.3) is 0 Å². The van der Waals surface area contributed by atoms with Crippen molar-refractivity contribution in [2.75, 3.05) is 19.7 Å². The first-order valence-corrected chi connectivity index (χ1v) is 12.5. The third kappa shape index (κ3) is 4.28. The monoisotopic (exact) mass is 476 g/mol. The molecule has 0 bridgehead atoms. The zero-order valence-electron chi connectivity index (χ0n) is 20.0. The molecule has 35 heavy (non-hydrogen) atoms. The Bertz CT molecular complexity index is 1100. The Balaban J connectivity index is 1.10. The molecule has 0 spiro atoms. The molecule has 2 aromatic rings. The Kier molecular flexibility index (Phi) is 6.26. The topological polar surface area (TPSA) is 95.9 Å². The Morgan fingerprint density at radius 3 is 2.40 bits per heavy atom. The van der Waals surface area contributed by atoms with Gasteiger partial charge in [0.1, 0.15) is 6.61 Å². The molecule has 184 valence electrons. The van der Waals surface area contributed by atoms with E-state index in [4.69, 9.17) is 4.74 Å². The average molecular weight is 477 g/mol. The van der Waals surface area contributed by atoms with Gasteiger partial charge in [-0.05, 0) is 54.4 Å². The molecular weight excluding hydrogens is 444 g/mol. The zero-order chi connectivity index (χ0) is 24.6. The van der Waals surface area contributed by atoms with E-state index in [0.717, 1.165) is 24.0 Å². The largest absolute Gasteiger partial charge is 0.481 e. The Labute approximate surface area is 205 Å². The van der Waals surface area contributed by atoms with Crippen LogP contribution in [0.25, 0.3) is 11.1 Å². The Hall–Kier alpha value is -3.35. The van der Waals surface area contributed by atoms with Crippen LogP contribution in [0.2, 0.25) is 0 Å². The fourth-order valence-corrected chi connectivity index (χ4v) is 6.24. The summed E-state index contributed by atoms with van der Waals surface area (Å²) in [6.07, 6.45) is 2.69. The molecule has 2 fully saturated rings. The molecule has 5 rings (SSSR count). The summed E-state index contributed by atoms with van der Waals surface area (Å²) < 4.78 is 5.60. The molecule has 1 saturated carbocycles. The smallest absolute Gasteiger partial charge is 0.407 e. The van der Waals surface area contributed by atoms with Crippen LogP contribution in [0.4, 0.5) is 4.79 Å². The second kappa shape index (κ2) is 9.36. The summed E-state index contributed by atoms with van der Waals surface area (Å²) in [6, 6.07) is 16.2. The number of nitrogens with one attached hydrogen (secondary N) is 1. The zero-order valence-corrected chi connectivity index (χ0v) is 20.0. The van der Waals surface area contributed by atoms with Crippen molar-refractivity contribution in [2.24, 2.45) is 11.3 Å². The lowest BCUT2D eigenvalue weighted by Gasteiger charge is -2.23. The van der Waals surface area contributed by atoms with E-state index in [2.05, 4.69) is 29.6 Å². The van der Waals surface area contributed by atoms with Crippen molar-refractivity contribution >= 4 is 18.0 Å². The highest BCUT2D eigenvalue weighted by molar-refractivity contribution is 5.82. The maximum atomic E-state index is 12.8. The van der Waals surface area contributed by atoms with Crippen LogP contribution in [0.15, 0.2) is 48.5 Å². The minimum atomic E-state index is -0.777.